The number of carbonyl (C=O) groups is 2. The minimum absolute atomic E-state index is 0.187. The topological polar surface area (TPSA) is 75.6 Å². The average molecular weight is 334 g/mol. The van der Waals surface area contributed by atoms with Crippen molar-refractivity contribution >= 4 is 35.1 Å². The fourth-order valence-electron chi connectivity index (χ4n) is 1.41. The van der Waals surface area contributed by atoms with E-state index in [2.05, 4.69) is 5.32 Å². The van der Waals surface area contributed by atoms with E-state index in [4.69, 9.17) is 27.9 Å². The predicted molar refractivity (Wildman–Crippen MR) is 80.6 cm³/mol. The summed E-state index contributed by atoms with van der Waals surface area (Å²) in [6, 6.07) is 4.41. The van der Waals surface area contributed by atoms with Gasteiger partial charge in [0.2, 0.25) is 0 Å². The molecule has 1 atom stereocenters. The van der Waals surface area contributed by atoms with Crippen LogP contribution in [0, 0.1) is 0 Å². The van der Waals surface area contributed by atoms with Crippen LogP contribution in [0.15, 0.2) is 18.2 Å². The zero-order chi connectivity index (χ0) is 16.2. The van der Waals surface area contributed by atoms with Crippen LogP contribution in [0.2, 0.25) is 10.0 Å². The third-order valence-corrected chi connectivity index (χ3v) is 2.86. The minimum atomic E-state index is -1.45. The number of ether oxygens (including phenoxy) is 1. The Morgan fingerprint density at radius 1 is 1.33 bits per heavy atom. The van der Waals surface area contributed by atoms with Gasteiger partial charge in [0.05, 0.1) is 17.1 Å². The Kier molecular flexibility index (Phi) is 6.01. The Balaban J connectivity index is 2.58. The van der Waals surface area contributed by atoms with Crippen molar-refractivity contribution < 1.29 is 19.4 Å². The summed E-state index contributed by atoms with van der Waals surface area (Å²) < 4.78 is 4.99. The summed E-state index contributed by atoms with van der Waals surface area (Å²) in [5, 5.41) is 12.6. The van der Waals surface area contributed by atoms with Crippen molar-refractivity contribution in [1.82, 2.24) is 5.32 Å². The molecule has 0 aliphatic heterocycles. The molecule has 0 aliphatic carbocycles. The third-order valence-electron chi connectivity index (χ3n) is 2.31. The number of hydrogen-bond donors (Lipinski definition) is 2. The number of aliphatic hydroxyl groups is 1. The van der Waals surface area contributed by atoms with E-state index < -0.39 is 23.6 Å². The highest BCUT2D eigenvalue weighted by Gasteiger charge is 2.24. The van der Waals surface area contributed by atoms with Crippen molar-refractivity contribution in [3.8, 4) is 0 Å². The number of carbonyl (C=O) groups excluding carboxylic acids is 2. The first-order chi connectivity index (χ1) is 9.60. The molecule has 0 aromatic heterocycles. The maximum absolute atomic E-state index is 11.9. The summed E-state index contributed by atoms with van der Waals surface area (Å²) >= 11 is 11.6. The van der Waals surface area contributed by atoms with E-state index in [1.54, 1.807) is 20.8 Å². The first-order valence-corrected chi connectivity index (χ1v) is 7.00. The Morgan fingerprint density at radius 3 is 2.48 bits per heavy atom. The van der Waals surface area contributed by atoms with Crippen LogP contribution in [0.25, 0.3) is 0 Å². The number of rotatable bonds is 4. The quantitative estimate of drug-likeness (QED) is 0.829. The van der Waals surface area contributed by atoms with Gasteiger partial charge in [-0.25, -0.2) is 4.79 Å². The van der Waals surface area contributed by atoms with Crippen molar-refractivity contribution in [3.63, 3.8) is 0 Å². The first kappa shape index (κ1) is 17.8. The van der Waals surface area contributed by atoms with Gasteiger partial charge in [0.25, 0.3) is 5.91 Å². The van der Waals surface area contributed by atoms with E-state index in [0.717, 1.165) is 0 Å². The third kappa shape index (κ3) is 5.91. The summed E-state index contributed by atoms with van der Waals surface area (Å²) in [5.41, 5.74) is -0.501. The van der Waals surface area contributed by atoms with Crippen molar-refractivity contribution in [3.05, 3.63) is 33.8 Å². The lowest BCUT2D eigenvalue weighted by molar-refractivity contribution is -0.164. The molecule has 0 radical (unpaired) electrons. The van der Waals surface area contributed by atoms with E-state index in [9.17, 15) is 14.7 Å². The van der Waals surface area contributed by atoms with E-state index in [1.807, 2.05) is 0 Å². The summed E-state index contributed by atoms with van der Waals surface area (Å²) in [5.74, 6) is -1.32. The number of aliphatic hydroxyl groups excluding tert-OH is 1. The van der Waals surface area contributed by atoms with E-state index in [1.165, 1.54) is 18.2 Å². The number of halogens is 2. The summed E-state index contributed by atoms with van der Waals surface area (Å²) in [6.45, 7) is 4.78. The molecule has 0 saturated heterocycles. The smallest absolute Gasteiger partial charge is 0.337 e. The molecule has 1 aromatic carbocycles. The molecule has 21 heavy (non-hydrogen) atoms. The molecule has 5 nitrogen and oxygen atoms in total. The van der Waals surface area contributed by atoms with E-state index in [0.29, 0.717) is 5.02 Å². The number of benzene rings is 1. The molecule has 7 heteroatoms. The van der Waals surface area contributed by atoms with Gasteiger partial charge in [0, 0.05) is 5.02 Å². The lowest BCUT2D eigenvalue weighted by Crippen LogP contribution is -2.40. The second kappa shape index (κ2) is 7.11. The molecule has 0 heterocycles. The number of amides is 1. The summed E-state index contributed by atoms with van der Waals surface area (Å²) in [6.07, 6.45) is -1.45. The van der Waals surface area contributed by atoms with Crippen molar-refractivity contribution in [1.29, 1.82) is 0 Å². The van der Waals surface area contributed by atoms with E-state index in [-0.39, 0.29) is 17.1 Å². The van der Waals surface area contributed by atoms with Gasteiger partial charge in [-0.1, -0.05) is 23.2 Å². The van der Waals surface area contributed by atoms with Crippen LogP contribution in [-0.4, -0.2) is 35.2 Å². The molecule has 116 valence electrons. The van der Waals surface area contributed by atoms with Crippen LogP contribution in [0.5, 0.6) is 0 Å². The summed E-state index contributed by atoms with van der Waals surface area (Å²) in [7, 11) is 0. The van der Waals surface area contributed by atoms with Gasteiger partial charge in [-0.05, 0) is 39.0 Å². The Labute approximate surface area is 133 Å². The van der Waals surface area contributed by atoms with Crippen molar-refractivity contribution in [2.45, 2.75) is 32.5 Å². The molecule has 1 aromatic rings. The monoisotopic (exact) mass is 333 g/mol. The molecule has 0 spiro atoms. The Morgan fingerprint density at radius 2 is 1.95 bits per heavy atom. The van der Waals surface area contributed by atoms with Crippen LogP contribution in [0.1, 0.15) is 31.1 Å². The molecular formula is C14H17Cl2NO4. The van der Waals surface area contributed by atoms with Crippen molar-refractivity contribution in [2.75, 3.05) is 6.54 Å². The second-order valence-electron chi connectivity index (χ2n) is 5.38. The maximum atomic E-state index is 11.9. The SMILES string of the molecule is CC(C)(C)OC(=O)C(O)CNC(=O)c1ccc(Cl)cc1Cl. The van der Waals surface area contributed by atoms with Gasteiger partial charge in [-0.3, -0.25) is 4.79 Å². The molecular weight excluding hydrogens is 317 g/mol. The van der Waals surface area contributed by atoms with Gasteiger partial charge in [-0.2, -0.15) is 0 Å². The highest BCUT2D eigenvalue weighted by molar-refractivity contribution is 6.36. The molecule has 1 rings (SSSR count). The van der Waals surface area contributed by atoms with Crippen molar-refractivity contribution in [2.24, 2.45) is 0 Å². The molecule has 1 amide bonds. The lowest BCUT2D eigenvalue weighted by Gasteiger charge is -2.21. The fourth-order valence-corrected chi connectivity index (χ4v) is 1.91. The summed E-state index contributed by atoms with van der Waals surface area (Å²) in [4.78, 5) is 23.4. The van der Waals surface area contributed by atoms with Crippen LogP contribution < -0.4 is 5.32 Å². The van der Waals surface area contributed by atoms with Crippen LogP contribution in [0.4, 0.5) is 0 Å². The zero-order valence-electron chi connectivity index (χ0n) is 11.9. The highest BCUT2D eigenvalue weighted by Crippen LogP contribution is 2.20. The van der Waals surface area contributed by atoms with Gasteiger partial charge < -0.3 is 15.2 Å². The highest BCUT2D eigenvalue weighted by atomic mass is 35.5. The molecule has 0 saturated carbocycles. The normalized spacial score (nSPS) is 12.7. The first-order valence-electron chi connectivity index (χ1n) is 6.24. The standard InChI is InChI=1S/C14H17Cl2NO4/c1-14(2,3)21-13(20)11(18)7-17-12(19)9-5-4-8(15)6-10(9)16/h4-6,11,18H,7H2,1-3H3,(H,17,19). The molecule has 0 aliphatic rings. The number of nitrogens with one attached hydrogen (secondary N) is 1. The number of esters is 1. The predicted octanol–water partition coefficient (Wildman–Crippen LogP) is 2.43. The van der Waals surface area contributed by atoms with Gasteiger partial charge in [0.15, 0.2) is 6.10 Å². The zero-order valence-corrected chi connectivity index (χ0v) is 13.5. The fraction of sp³-hybridized carbons (Fsp3) is 0.429. The van der Waals surface area contributed by atoms with Gasteiger partial charge in [-0.15, -0.1) is 0 Å². The Bertz CT molecular complexity index is 540. The maximum Gasteiger partial charge on any atom is 0.337 e. The largest absolute Gasteiger partial charge is 0.458 e. The average Bonchev–Trinajstić information content (AvgIpc) is 2.33. The molecule has 2 N–H and O–H groups in total. The van der Waals surface area contributed by atoms with Gasteiger partial charge in [0.1, 0.15) is 5.60 Å². The minimum Gasteiger partial charge on any atom is -0.458 e. The molecule has 0 bridgehead atoms. The van der Waals surface area contributed by atoms with Crippen LogP contribution in [-0.2, 0) is 9.53 Å². The lowest BCUT2D eigenvalue weighted by atomic mass is 10.2. The molecule has 1 unspecified atom stereocenters. The van der Waals surface area contributed by atoms with Crippen LogP contribution >= 0.6 is 23.2 Å². The molecule has 0 fully saturated rings. The van der Waals surface area contributed by atoms with Gasteiger partial charge >= 0.3 is 5.97 Å². The number of hydrogen-bond acceptors (Lipinski definition) is 4. The van der Waals surface area contributed by atoms with Crippen LogP contribution in [0.3, 0.4) is 0 Å². The second-order valence-corrected chi connectivity index (χ2v) is 6.23. The van der Waals surface area contributed by atoms with E-state index >= 15 is 0 Å². The Hall–Kier alpha value is -1.30.